The highest BCUT2D eigenvalue weighted by Crippen LogP contribution is 2.23. The Labute approximate surface area is 146 Å². The Kier molecular flexibility index (Phi) is 5.82. The molecule has 0 fully saturated rings. The standard InChI is InChI=1S/C18H20ClN3O2/c1-11-8-12(2)17(10-24-15-6-4-14(19)5-7-15)13(3)16(11)9-21-22-18(20)23/h4-9H,10H2,1-3H3,(H3,20,22,23)/b21-9-. The number of hydrogen-bond donors (Lipinski definition) is 2. The lowest BCUT2D eigenvalue weighted by Crippen LogP contribution is -2.24. The number of hydrazone groups is 1. The van der Waals surface area contributed by atoms with Gasteiger partial charge < -0.3 is 10.5 Å². The molecule has 0 aliphatic carbocycles. The first-order valence-electron chi connectivity index (χ1n) is 7.45. The minimum atomic E-state index is -0.694. The first-order valence-corrected chi connectivity index (χ1v) is 7.83. The van der Waals surface area contributed by atoms with Crippen molar-refractivity contribution in [1.82, 2.24) is 5.43 Å². The summed E-state index contributed by atoms with van der Waals surface area (Å²) in [6.45, 7) is 6.48. The predicted octanol–water partition coefficient (Wildman–Crippen LogP) is 3.85. The third-order valence-corrected chi connectivity index (χ3v) is 4.01. The molecule has 126 valence electrons. The van der Waals surface area contributed by atoms with Crippen LogP contribution in [0.15, 0.2) is 35.4 Å². The number of halogens is 1. The van der Waals surface area contributed by atoms with E-state index in [9.17, 15) is 4.79 Å². The third-order valence-electron chi connectivity index (χ3n) is 3.76. The number of primary amides is 1. The largest absolute Gasteiger partial charge is 0.489 e. The lowest BCUT2D eigenvalue weighted by molar-refractivity contribution is 0.249. The highest BCUT2D eigenvalue weighted by molar-refractivity contribution is 6.30. The first kappa shape index (κ1) is 17.8. The summed E-state index contributed by atoms with van der Waals surface area (Å²) in [5, 5.41) is 4.53. The van der Waals surface area contributed by atoms with E-state index < -0.39 is 6.03 Å². The number of hydrogen-bond acceptors (Lipinski definition) is 3. The Hall–Kier alpha value is -2.53. The smallest absolute Gasteiger partial charge is 0.332 e. The number of rotatable bonds is 5. The van der Waals surface area contributed by atoms with Gasteiger partial charge in [0, 0.05) is 10.6 Å². The highest BCUT2D eigenvalue weighted by atomic mass is 35.5. The first-order chi connectivity index (χ1) is 11.4. The van der Waals surface area contributed by atoms with Gasteiger partial charge in [-0.2, -0.15) is 5.10 Å². The van der Waals surface area contributed by atoms with Gasteiger partial charge in [-0.05, 0) is 67.3 Å². The monoisotopic (exact) mass is 345 g/mol. The number of urea groups is 1. The molecule has 0 heterocycles. The van der Waals surface area contributed by atoms with E-state index in [1.54, 1.807) is 18.3 Å². The summed E-state index contributed by atoms with van der Waals surface area (Å²) in [6.07, 6.45) is 1.60. The van der Waals surface area contributed by atoms with Crippen molar-refractivity contribution in [2.45, 2.75) is 27.4 Å². The van der Waals surface area contributed by atoms with Crippen molar-refractivity contribution in [1.29, 1.82) is 0 Å². The van der Waals surface area contributed by atoms with Crippen molar-refractivity contribution in [3.8, 4) is 5.75 Å². The molecule has 0 saturated heterocycles. The number of nitrogens with two attached hydrogens (primary N) is 1. The van der Waals surface area contributed by atoms with Gasteiger partial charge in [-0.15, -0.1) is 0 Å². The van der Waals surface area contributed by atoms with Crippen LogP contribution in [0.1, 0.15) is 27.8 Å². The fourth-order valence-electron chi connectivity index (χ4n) is 2.51. The van der Waals surface area contributed by atoms with Gasteiger partial charge in [-0.25, -0.2) is 10.2 Å². The molecule has 0 radical (unpaired) electrons. The van der Waals surface area contributed by atoms with E-state index in [1.165, 1.54) is 0 Å². The van der Waals surface area contributed by atoms with E-state index in [0.29, 0.717) is 11.6 Å². The molecule has 0 unspecified atom stereocenters. The van der Waals surface area contributed by atoms with Gasteiger partial charge in [0.1, 0.15) is 12.4 Å². The lowest BCUT2D eigenvalue weighted by Gasteiger charge is -2.16. The average molecular weight is 346 g/mol. The molecule has 0 aromatic heterocycles. The Balaban J connectivity index is 2.24. The molecular weight excluding hydrogens is 326 g/mol. The number of benzene rings is 2. The average Bonchev–Trinajstić information content (AvgIpc) is 2.51. The van der Waals surface area contributed by atoms with Crippen LogP contribution in [0.25, 0.3) is 0 Å². The van der Waals surface area contributed by atoms with Crippen molar-refractivity contribution in [3.63, 3.8) is 0 Å². The quantitative estimate of drug-likeness (QED) is 0.638. The second-order valence-corrected chi connectivity index (χ2v) is 5.94. The van der Waals surface area contributed by atoms with Crippen molar-refractivity contribution in [2.24, 2.45) is 10.8 Å². The fraction of sp³-hybridized carbons (Fsp3) is 0.222. The summed E-state index contributed by atoms with van der Waals surface area (Å²) in [7, 11) is 0. The van der Waals surface area contributed by atoms with Gasteiger partial charge in [0.15, 0.2) is 0 Å². The summed E-state index contributed by atoms with van der Waals surface area (Å²) in [5.41, 5.74) is 12.5. The summed E-state index contributed by atoms with van der Waals surface area (Å²) >= 11 is 5.88. The van der Waals surface area contributed by atoms with Crippen LogP contribution in [0, 0.1) is 20.8 Å². The Morgan fingerprint density at radius 1 is 1.25 bits per heavy atom. The van der Waals surface area contributed by atoms with Gasteiger partial charge in [-0.3, -0.25) is 0 Å². The van der Waals surface area contributed by atoms with E-state index in [-0.39, 0.29) is 0 Å². The maximum Gasteiger partial charge on any atom is 0.332 e. The van der Waals surface area contributed by atoms with Crippen LogP contribution in [0.4, 0.5) is 4.79 Å². The normalized spacial score (nSPS) is 10.8. The predicted molar refractivity (Wildman–Crippen MR) is 96.8 cm³/mol. The van der Waals surface area contributed by atoms with Crippen LogP contribution >= 0.6 is 11.6 Å². The number of carbonyl (C=O) groups is 1. The summed E-state index contributed by atoms with van der Waals surface area (Å²) in [6, 6.07) is 8.62. The topological polar surface area (TPSA) is 76.7 Å². The van der Waals surface area contributed by atoms with Crippen molar-refractivity contribution in [3.05, 3.63) is 63.2 Å². The lowest BCUT2D eigenvalue weighted by atomic mass is 9.94. The number of nitrogens with zero attached hydrogens (tertiary/aromatic N) is 1. The van der Waals surface area contributed by atoms with E-state index in [1.807, 2.05) is 32.9 Å². The molecule has 5 nitrogen and oxygen atoms in total. The Morgan fingerprint density at radius 2 is 1.92 bits per heavy atom. The molecule has 0 aliphatic rings. The van der Waals surface area contributed by atoms with Crippen molar-refractivity contribution in [2.75, 3.05) is 0 Å². The second kappa shape index (κ2) is 7.84. The number of aryl methyl sites for hydroxylation is 2. The van der Waals surface area contributed by atoms with E-state index >= 15 is 0 Å². The summed E-state index contributed by atoms with van der Waals surface area (Å²) in [4.78, 5) is 10.7. The van der Waals surface area contributed by atoms with Crippen LogP contribution < -0.4 is 15.9 Å². The molecule has 0 bridgehead atoms. The van der Waals surface area contributed by atoms with Crippen molar-refractivity contribution < 1.29 is 9.53 Å². The number of ether oxygens (including phenoxy) is 1. The molecule has 2 aromatic carbocycles. The van der Waals surface area contributed by atoms with E-state index in [2.05, 4.69) is 16.6 Å². The summed E-state index contributed by atoms with van der Waals surface area (Å²) in [5.74, 6) is 0.754. The molecule has 24 heavy (non-hydrogen) atoms. The zero-order valence-electron chi connectivity index (χ0n) is 13.9. The van der Waals surface area contributed by atoms with Crippen molar-refractivity contribution >= 4 is 23.8 Å². The molecule has 2 rings (SSSR count). The van der Waals surface area contributed by atoms with Gasteiger partial charge in [0.05, 0.1) is 6.21 Å². The van der Waals surface area contributed by atoms with Gasteiger partial charge in [0.25, 0.3) is 0 Å². The minimum Gasteiger partial charge on any atom is -0.489 e. The number of amides is 2. The third kappa shape index (κ3) is 4.49. The van der Waals surface area contributed by atoms with Gasteiger partial charge in [0.2, 0.25) is 0 Å². The molecular formula is C18H20ClN3O2. The molecule has 0 spiro atoms. The van der Waals surface area contributed by atoms with Gasteiger partial charge in [-0.1, -0.05) is 17.7 Å². The molecule has 6 heteroatoms. The van der Waals surface area contributed by atoms with E-state index in [4.69, 9.17) is 22.1 Å². The highest BCUT2D eigenvalue weighted by Gasteiger charge is 2.11. The zero-order chi connectivity index (χ0) is 17.7. The van der Waals surface area contributed by atoms with Crippen LogP contribution in [0.3, 0.4) is 0 Å². The maximum absolute atomic E-state index is 10.7. The number of nitrogens with one attached hydrogen (secondary N) is 1. The molecule has 2 amide bonds. The zero-order valence-corrected chi connectivity index (χ0v) is 14.6. The van der Waals surface area contributed by atoms with Crippen LogP contribution in [0.5, 0.6) is 5.75 Å². The van der Waals surface area contributed by atoms with E-state index in [0.717, 1.165) is 33.6 Å². The Morgan fingerprint density at radius 3 is 2.54 bits per heavy atom. The molecule has 2 aromatic rings. The van der Waals surface area contributed by atoms with Crippen LogP contribution in [0.2, 0.25) is 5.02 Å². The Bertz CT molecular complexity index is 771. The SMILES string of the molecule is Cc1cc(C)c(COc2ccc(Cl)cc2)c(C)c1/C=N\NC(N)=O. The van der Waals surface area contributed by atoms with Crippen LogP contribution in [-0.2, 0) is 6.61 Å². The maximum atomic E-state index is 10.7. The minimum absolute atomic E-state index is 0.434. The van der Waals surface area contributed by atoms with Crippen LogP contribution in [-0.4, -0.2) is 12.2 Å². The van der Waals surface area contributed by atoms with Gasteiger partial charge >= 0.3 is 6.03 Å². The summed E-state index contributed by atoms with van der Waals surface area (Å²) < 4.78 is 5.85. The second-order valence-electron chi connectivity index (χ2n) is 5.50. The molecule has 0 saturated carbocycles. The molecule has 3 N–H and O–H groups in total. The number of carbonyl (C=O) groups excluding carboxylic acids is 1. The molecule has 0 aliphatic heterocycles. The molecule has 0 atom stereocenters. The fourth-order valence-corrected chi connectivity index (χ4v) is 2.64.